The molecule has 2 fully saturated rings. The van der Waals surface area contributed by atoms with Crippen LogP contribution in [0.3, 0.4) is 0 Å². The molecular weight excluding hydrogens is 491 g/mol. The first kappa shape index (κ1) is 26.2. The molecule has 1 aromatic heterocycles. The molecule has 1 aliphatic carbocycles. The van der Waals surface area contributed by atoms with E-state index in [1.54, 1.807) is 0 Å². The largest absolute Gasteiger partial charge is 0.390 e. The number of halogens is 1. The zero-order valence-electron chi connectivity index (χ0n) is 21.2. The van der Waals surface area contributed by atoms with Crippen LogP contribution in [0.1, 0.15) is 40.9 Å². The maximum absolute atomic E-state index is 14.8. The molecule has 1 saturated heterocycles. The molecule has 3 atom stereocenters. The number of amides is 2. The van der Waals surface area contributed by atoms with Gasteiger partial charge in [-0.1, -0.05) is 24.3 Å². The number of β-amino-alcohol motifs (C(OH)–C–C–N with tert-alkyl or cyclic N) is 1. The Labute approximate surface area is 220 Å². The van der Waals surface area contributed by atoms with Crippen LogP contribution in [0.4, 0.5) is 10.2 Å². The van der Waals surface area contributed by atoms with Gasteiger partial charge in [0.25, 0.3) is 11.8 Å². The van der Waals surface area contributed by atoms with Crippen LogP contribution in [-0.4, -0.2) is 93.5 Å². The number of Topliss-reactive ketones (excluding diaryl/α,β-unsaturated/α-hetero) is 1. The van der Waals surface area contributed by atoms with Gasteiger partial charge in [0, 0.05) is 44.7 Å². The van der Waals surface area contributed by atoms with E-state index in [2.05, 4.69) is 37.6 Å². The highest BCUT2D eigenvalue weighted by molar-refractivity contribution is 6.37. The van der Waals surface area contributed by atoms with Crippen molar-refractivity contribution in [2.24, 2.45) is 5.92 Å². The number of benzene rings is 1. The molecular formula is C27H33FN6O4. The van der Waals surface area contributed by atoms with Crippen molar-refractivity contribution in [3.63, 3.8) is 0 Å². The number of likely N-dealkylation sites (tertiary alicyclic amines) is 1. The molecule has 0 bridgehead atoms. The van der Waals surface area contributed by atoms with Crippen molar-refractivity contribution in [1.29, 1.82) is 0 Å². The molecule has 11 heteroatoms. The zero-order valence-corrected chi connectivity index (χ0v) is 21.2. The summed E-state index contributed by atoms with van der Waals surface area (Å²) >= 11 is 0. The van der Waals surface area contributed by atoms with Crippen molar-refractivity contribution < 1.29 is 23.9 Å². The van der Waals surface area contributed by atoms with E-state index in [0.717, 1.165) is 32.4 Å². The number of alkyl halides is 1. The van der Waals surface area contributed by atoms with Crippen molar-refractivity contribution in [3.05, 3.63) is 53.5 Å². The van der Waals surface area contributed by atoms with Crippen molar-refractivity contribution >= 4 is 23.4 Å². The number of aliphatic hydroxyl groups is 1. The summed E-state index contributed by atoms with van der Waals surface area (Å²) in [5.74, 6) is -1.37. The molecule has 2 amide bonds. The molecule has 3 N–H and O–H groups in total. The van der Waals surface area contributed by atoms with E-state index in [4.69, 9.17) is 0 Å². The van der Waals surface area contributed by atoms with Gasteiger partial charge in [0.05, 0.1) is 18.7 Å². The zero-order chi connectivity index (χ0) is 26.6. The Hall–Kier alpha value is -3.44. The number of anilines is 1. The Balaban J connectivity index is 1.08. The Morgan fingerprint density at radius 1 is 1.11 bits per heavy atom. The van der Waals surface area contributed by atoms with E-state index in [1.165, 1.54) is 28.4 Å². The van der Waals surface area contributed by atoms with Gasteiger partial charge >= 0.3 is 0 Å². The monoisotopic (exact) mass is 524 g/mol. The lowest BCUT2D eigenvalue weighted by atomic mass is 10.00. The maximum Gasteiger partial charge on any atom is 0.290 e. The van der Waals surface area contributed by atoms with E-state index >= 15 is 0 Å². The highest BCUT2D eigenvalue weighted by atomic mass is 19.1. The number of aromatic nitrogens is 2. The van der Waals surface area contributed by atoms with Crippen molar-refractivity contribution in [2.75, 3.05) is 38.0 Å². The number of piperidine rings is 1. The first-order chi connectivity index (χ1) is 18.4. The van der Waals surface area contributed by atoms with Gasteiger partial charge < -0.3 is 20.6 Å². The number of nitrogens with zero attached hydrogens (tertiary/aromatic N) is 4. The van der Waals surface area contributed by atoms with Gasteiger partial charge in [0.15, 0.2) is 0 Å². The Bertz CT molecular complexity index is 1190. The number of hydrogen-bond acceptors (Lipinski definition) is 8. The van der Waals surface area contributed by atoms with Gasteiger partial charge in [-0.25, -0.2) is 14.4 Å². The fraction of sp³-hybridized carbons (Fsp3) is 0.519. The van der Waals surface area contributed by atoms with Crippen LogP contribution in [0.2, 0.25) is 0 Å². The summed E-state index contributed by atoms with van der Waals surface area (Å²) in [5, 5.41) is 16.2. The number of carbonyl (C=O) groups is 3. The average Bonchev–Trinajstić information content (AvgIpc) is 3.78. The summed E-state index contributed by atoms with van der Waals surface area (Å²) in [7, 11) is 0. The molecule has 3 aliphatic rings. The number of nitrogens with one attached hydrogen (secondary N) is 2. The molecule has 2 aliphatic heterocycles. The summed E-state index contributed by atoms with van der Waals surface area (Å²) in [6.45, 7) is 2.24. The molecule has 5 rings (SSSR count). The van der Waals surface area contributed by atoms with Crippen LogP contribution < -0.4 is 10.6 Å². The van der Waals surface area contributed by atoms with Crippen LogP contribution in [0.15, 0.2) is 36.7 Å². The molecule has 3 heterocycles. The molecule has 202 valence electrons. The SMILES string of the molecule is O=C(NCC(O)CN1CCc2ccccc2C1)c1cc(NC2CCN(C(=O)C(=O)C3CC3)CC2F)ncn1. The van der Waals surface area contributed by atoms with E-state index < -0.39 is 35.9 Å². The molecule has 3 unspecified atom stereocenters. The predicted octanol–water partition coefficient (Wildman–Crippen LogP) is 0.956. The Morgan fingerprint density at radius 2 is 1.89 bits per heavy atom. The third-order valence-corrected chi connectivity index (χ3v) is 7.40. The average molecular weight is 525 g/mol. The van der Waals surface area contributed by atoms with E-state index in [9.17, 15) is 23.9 Å². The fourth-order valence-corrected chi connectivity index (χ4v) is 5.05. The third-order valence-electron chi connectivity index (χ3n) is 7.40. The summed E-state index contributed by atoms with van der Waals surface area (Å²) in [6, 6.07) is 9.10. The minimum Gasteiger partial charge on any atom is -0.390 e. The molecule has 2 aromatic rings. The number of aliphatic hydroxyl groups excluding tert-OH is 1. The highest BCUT2D eigenvalue weighted by Crippen LogP contribution is 2.31. The molecule has 10 nitrogen and oxygen atoms in total. The normalized spacial score (nSPS) is 22.3. The lowest BCUT2D eigenvalue weighted by Crippen LogP contribution is -2.51. The summed E-state index contributed by atoms with van der Waals surface area (Å²) in [5.41, 5.74) is 2.69. The van der Waals surface area contributed by atoms with Crippen LogP contribution in [-0.2, 0) is 22.6 Å². The maximum atomic E-state index is 14.8. The smallest absolute Gasteiger partial charge is 0.290 e. The Kier molecular flexibility index (Phi) is 7.94. The quantitative estimate of drug-likeness (QED) is 0.414. The molecule has 1 aromatic carbocycles. The summed E-state index contributed by atoms with van der Waals surface area (Å²) in [6.07, 6.45) is 1.80. The standard InChI is InChI=1S/C27H33FN6O4/c28-21-15-34(27(38)25(36)18-5-6-18)10-8-22(21)32-24-11-23(30-16-31-24)26(37)29-12-20(35)14-33-9-7-17-3-1-2-4-19(17)13-33/h1-4,11,16,18,20-22,35H,5-10,12-15H2,(H,29,37)(H,30,31,32). The highest BCUT2D eigenvalue weighted by Gasteiger charge is 2.39. The number of carbonyl (C=O) groups excluding carboxylic acids is 3. The van der Waals surface area contributed by atoms with Crippen LogP contribution in [0, 0.1) is 5.92 Å². The van der Waals surface area contributed by atoms with Gasteiger partial charge in [-0.15, -0.1) is 0 Å². The Morgan fingerprint density at radius 3 is 2.66 bits per heavy atom. The van der Waals surface area contributed by atoms with Crippen molar-refractivity contribution in [3.8, 4) is 0 Å². The lowest BCUT2D eigenvalue weighted by Gasteiger charge is -2.35. The van der Waals surface area contributed by atoms with E-state index in [1.807, 2.05) is 12.1 Å². The summed E-state index contributed by atoms with van der Waals surface area (Å²) in [4.78, 5) is 48.5. The molecule has 38 heavy (non-hydrogen) atoms. The number of rotatable bonds is 9. The predicted molar refractivity (Wildman–Crippen MR) is 137 cm³/mol. The topological polar surface area (TPSA) is 128 Å². The molecule has 0 radical (unpaired) electrons. The van der Waals surface area contributed by atoms with Gasteiger partial charge in [-0.05, 0) is 36.8 Å². The first-order valence-corrected chi connectivity index (χ1v) is 13.2. The van der Waals surface area contributed by atoms with Crippen LogP contribution in [0.5, 0.6) is 0 Å². The second-order valence-electron chi connectivity index (χ2n) is 10.4. The lowest BCUT2D eigenvalue weighted by molar-refractivity contribution is -0.146. The molecule has 0 spiro atoms. The number of hydrogen-bond donors (Lipinski definition) is 3. The van der Waals surface area contributed by atoms with Crippen molar-refractivity contribution in [2.45, 2.75) is 50.5 Å². The second kappa shape index (κ2) is 11.5. The third kappa shape index (κ3) is 6.33. The van der Waals surface area contributed by atoms with Crippen LogP contribution >= 0.6 is 0 Å². The van der Waals surface area contributed by atoms with Crippen LogP contribution in [0.25, 0.3) is 0 Å². The van der Waals surface area contributed by atoms with Gasteiger partial charge in [-0.2, -0.15) is 0 Å². The minimum atomic E-state index is -1.39. The number of fused-ring (bicyclic) bond motifs is 1. The van der Waals surface area contributed by atoms with Gasteiger partial charge in [0.1, 0.15) is 24.0 Å². The van der Waals surface area contributed by atoms with E-state index in [-0.39, 0.29) is 31.2 Å². The van der Waals surface area contributed by atoms with Gasteiger partial charge in [-0.3, -0.25) is 19.3 Å². The summed E-state index contributed by atoms with van der Waals surface area (Å²) < 4.78 is 14.8. The van der Waals surface area contributed by atoms with Gasteiger partial charge in [0.2, 0.25) is 5.78 Å². The van der Waals surface area contributed by atoms with E-state index in [0.29, 0.717) is 18.8 Å². The van der Waals surface area contributed by atoms with Crippen molar-refractivity contribution in [1.82, 2.24) is 25.1 Å². The first-order valence-electron chi connectivity index (χ1n) is 13.2. The second-order valence-corrected chi connectivity index (χ2v) is 10.4. The fourth-order valence-electron chi connectivity index (χ4n) is 5.05. The molecule has 1 saturated carbocycles. The number of ketones is 1. The minimum absolute atomic E-state index is 0.0718.